The maximum absolute atomic E-state index is 14.2. The van der Waals surface area contributed by atoms with Gasteiger partial charge in [-0.1, -0.05) is 152 Å². The van der Waals surface area contributed by atoms with Gasteiger partial charge in [-0.25, -0.2) is 4.85 Å². The maximum Gasteiger partial charge on any atom is 0.416 e. The smallest absolute Gasteiger partial charge is 0.309 e. The molecule has 0 saturated carbocycles. The highest BCUT2D eigenvalue weighted by atomic mass is 19.4. The van der Waals surface area contributed by atoms with E-state index < -0.39 is 11.7 Å². The second kappa shape index (κ2) is 16.8. The number of alkyl halides is 3. The number of benzene rings is 11. The van der Waals surface area contributed by atoms with E-state index in [0.29, 0.717) is 16.8 Å². The zero-order chi connectivity index (χ0) is 51.7. The summed E-state index contributed by atoms with van der Waals surface area (Å²) in [6.45, 7) is 10.6. The third-order valence-corrected chi connectivity index (χ3v) is 16.1. The Morgan fingerprint density at radius 2 is 0.896 bits per heavy atom. The number of rotatable bonds is 6. The Morgan fingerprint density at radius 1 is 0.390 bits per heavy atom. The molecule has 14 aromatic rings. The molecule has 15 rings (SSSR count). The molecule has 0 N–H and O–H groups in total. The van der Waals surface area contributed by atoms with Crippen LogP contribution in [0.25, 0.3) is 121 Å². The van der Waals surface area contributed by atoms with Gasteiger partial charge < -0.3 is 13.7 Å². The molecule has 1 atom stereocenters. The van der Waals surface area contributed by atoms with Gasteiger partial charge in [0.05, 0.1) is 50.9 Å². The number of hydrogen-bond donors (Lipinski definition) is 0. The third kappa shape index (κ3) is 6.65. The van der Waals surface area contributed by atoms with Gasteiger partial charge in [0.15, 0.2) is 5.69 Å². The average Bonchev–Trinajstić information content (AvgIpc) is 4.38. The molecule has 0 spiro atoms. The fourth-order valence-electron chi connectivity index (χ4n) is 12.9. The van der Waals surface area contributed by atoms with Crippen molar-refractivity contribution < 1.29 is 13.2 Å². The molecule has 4 nitrogen and oxygen atoms in total. The third-order valence-electron chi connectivity index (χ3n) is 16.1. The predicted molar refractivity (Wildman–Crippen MR) is 309 cm³/mol. The van der Waals surface area contributed by atoms with Gasteiger partial charge in [0.25, 0.3) is 0 Å². The quantitative estimate of drug-likeness (QED) is 0.148. The van der Waals surface area contributed by atoms with Crippen molar-refractivity contribution in [1.29, 1.82) is 0 Å². The van der Waals surface area contributed by atoms with E-state index in [-0.39, 0.29) is 5.92 Å². The highest BCUT2D eigenvalue weighted by Gasteiger charge is 2.34. The van der Waals surface area contributed by atoms with E-state index in [1.165, 1.54) is 27.6 Å². The van der Waals surface area contributed by atoms with E-state index in [0.717, 1.165) is 112 Å². The monoisotopic (exact) mass is 996 g/mol. The minimum atomic E-state index is -4.49. The molecule has 1 aliphatic rings. The highest BCUT2D eigenvalue weighted by Crippen LogP contribution is 2.54. The molecule has 11 aromatic carbocycles. The summed E-state index contributed by atoms with van der Waals surface area (Å²) in [4.78, 5) is 4.30. The first kappa shape index (κ1) is 44.6. The van der Waals surface area contributed by atoms with Crippen molar-refractivity contribution in [2.45, 2.75) is 19.0 Å². The topological polar surface area (TPSA) is 19.1 Å². The summed E-state index contributed by atoms with van der Waals surface area (Å²) < 4.78 is 49.5. The van der Waals surface area contributed by atoms with Crippen molar-refractivity contribution >= 4 is 71.1 Å². The number of nitrogens with zero attached hydrogens (tertiary/aromatic N) is 4. The normalized spacial score (nSPS) is 13.3. The first-order valence-corrected chi connectivity index (χ1v) is 25.8. The van der Waals surface area contributed by atoms with Crippen molar-refractivity contribution in [2.75, 3.05) is 0 Å². The summed E-state index contributed by atoms with van der Waals surface area (Å²) in [6, 6.07) is 80.9. The van der Waals surface area contributed by atoms with Crippen LogP contribution in [0.4, 0.5) is 18.9 Å². The van der Waals surface area contributed by atoms with Crippen LogP contribution in [-0.2, 0) is 6.18 Å². The van der Waals surface area contributed by atoms with Gasteiger partial charge in [-0.05, 0) is 147 Å². The SMILES string of the molecule is [C-]#[N+]c1cccc(C2c3ccccc3-c3cc(-n4c5ccccc5c5ccccc54)ccc32)c1-c1cc(-c2ccc(C(F)(F)F)cc2C)ccc1-n1c2ccccc2c2cc(-n3c4ccccc4c4ccccc43)ccc21. The lowest BCUT2D eigenvalue weighted by molar-refractivity contribution is -0.137. The summed E-state index contributed by atoms with van der Waals surface area (Å²) in [5.74, 6) is -0.263. The fraction of sp³-hybridized carbons (Fsp3) is 0.0429. The summed E-state index contributed by atoms with van der Waals surface area (Å²) in [6.07, 6.45) is -4.49. The van der Waals surface area contributed by atoms with Gasteiger partial charge in [0.2, 0.25) is 0 Å². The molecular weight excluding hydrogens is 954 g/mol. The van der Waals surface area contributed by atoms with Gasteiger partial charge >= 0.3 is 6.18 Å². The van der Waals surface area contributed by atoms with E-state index in [1.807, 2.05) is 18.2 Å². The summed E-state index contributed by atoms with van der Waals surface area (Å²) in [5, 5.41) is 6.88. The van der Waals surface area contributed by atoms with Gasteiger partial charge in [-0.2, -0.15) is 13.2 Å². The van der Waals surface area contributed by atoms with E-state index in [4.69, 9.17) is 6.57 Å². The Balaban J connectivity index is 0.979. The molecule has 77 heavy (non-hydrogen) atoms. The van der Waals surface area contributed by atoms with Crippen LogP contribution in [0.5, 0.6) is 0 Å². The maximum atomic E-state index is 14.2. The van der Waals surface area contributed by atoms with Gasteiger partial charge in [-0.15, -0.1) is 0 Å². The van der Waals surface area contributed by atoms with Crippen molar-refractivity contribution in [3.63, 3.8) is 0 Å². The average molecular weight is 997 g/mol. The summed E-state index contributed by atoms with van der Waals surface area (Å²) in [7, 11) is 0. The zero-order valence-electron chi connectivity index (χ0n) is 41.5. The Kier molecular flexibility index (Phi) is 9.73. The van der Waals surface area contributed by atoms with Gasteiger partial charge in [0.1, 0.15) is 0 Å². The largest absolute Gasteiger partial charge is 0.416 e. The molecular formula is C70H43F3N4. The molecule has 0 aliphatic heterocycles. The molecule has 0 fully saturated rings. The lowest BCUT2D eigenvalue weighted by atomic mass is 9.82. The molecule has 0 bridgehead atoms. The minimum Gasteiger partial charge on any atom is -0.309 e. The van der Waals surface area contributed by atoms with Crippen molar-refractivity contribution in [3.05, 3.63) is 276 Å². The van der Waals surface area contributed by atoms with E-state index in [1.54, 1.807) is 13.0 Å². The van der Waals surface area contributed by atoms with Crippen molar-refractivity contribution in [1.82, 2.24) is 13.7 Å². The molecule has 3 heterocycles. The number of para-hydroxylation sites is 5. The molecule has 3 aromatic heterocycles. The molecule has 364 valence electrons. The lowest BCUT2D eigenvalue weighted by Gasteiger charge is -2.24. The Bertz CT molecular complexity index is 4740. The van der Waals surface area contributed by atoms with Crippen LogP contribution in [0.1, 0.15) is 33.7 Å². The minimum absolute atomic E-state index is 0.263. The standard InChI is InChI=1S/C70H43F3N4/c1-42-38-44(70(71,72)73)31-34-47(42)43-30-36-67(77-65-29-14-9-21-53(65)58-41-46(33-37-66(58)77)76-63-27-12-7-19-51(63)52-20-8-13-28-64(52)76)59(39-43)69-56(23-15-24-60(69)74-2)68-54-22-4-3-16-48(54)57-40-45(32-35-55(57)68)75-61-25-10-5-17-49(61)50-18-6-11-26-62(50)75/h3-41,68H,1H3. The van der Waals surface area contributed by atoms with E-state index in [2.05, 4.69) is 219 Å². The molecule has 1 aliphatic carbocycles. The van der Waals surface area contributed by atoms with E-state index >= 15 is 0 Å². The molecule has 0 radical (unpaired) electrons. The number of fused-ring (bicyclic) bond motifs is 12. The predicted octanol–water partition coefficient (Wildman–Crippen LogP) is 19.4. The number of aryl methyl sites for hydroxylation is 1. The molecule has 0 amide bonds. The van der Waals surface area contributed by atoms with Crippen LogP contribution in [0.2, 0.25) is 0 Å². The molecule has 0 saturated heterocycles. The molecule has 7 heteroatoms. The second-order valence-electron chi connectivity index (χ2n) is 20.2. The Labute approximate surface area is 441 Å². The van der Waals surface area contributed by atoms with Crippen LogP contribution >= 0.6 is 0 Å². The van der Waals surface area contributed by atoms with Crippen molar-refractivity contribution in [3.8, 4) is 50.4 Å². The number of hydrogen-bond acceptors (Lipinski definition) is 0. The Hall–Kier alpha value is -9.90. The number of aromatic nitrogens is 3. The first-order valence-electron chi connectivity index (χ1n) is 25.8. The fourth-order valence-corrected chi connectivity index (χ4v) is 12.9. The summed E-state index contributed by atoms with van der Waals surface area (Å²) >= 11 is 0. The zero-order valence-corrected chi connectivity index (χ0v) is 41.5. The van der Waals surface area contributed by atoms with E-state index in [9.17, 15) is 13.2 Å². The van der Waals surface area contributed by atoms with Crippen molar-refractivity contribution in [2.24, 2.45) is 0 Å². The van der Waals surface area contributed by atoms with Gasteiger partial charge in [-0.3, -0.25) is 0 Å². The number of halogens is 3. The molecule has 1 unspecified atom stereocenters. The van der Waals surface area contributed by atoms with Gasteiger partial charge in [0, 0.05) is 49.6 Å². The Morgan fingerprint density at radius 3 is 1.49 bits per heavy atom. The summed E-state index contributed by atoms with van der Waals surface area (Å²) in [5.41, 5.74) is 18.2. The van der Waals surface area contributed by atoms with Crippen LogP contribution < -0.4 is 0 Å². The van der Waals surface area contributed by atoms with Crippen LogP contribution in [-0.4, -0.2) is 13.7 Å². The van der Waals surface area contributed by atoms with Crippen LogP contribution in [0.15, 0.2) is 237 Å². The van der Waals surface area contributed by atoms with Crippen LogP contribution in [0, 0.1) is 13.5 Å². The lowest BCUT2D eigenvalue weighted by Crippen LogP contribution is -2.06. The second-order valence-corrected chi connectivity index (χ2v) is 20.2. The highest BCUT2D eigenvalue weighted by molar-refractivity contribution is 6.13. The van der Waals surface area contributed by atoms with Crippen LogP contribution in [0.3, 0.4) is 0 Å². The first-order chi connectivity index (χ1) is 37.7.